The first-order valence-electron chi connectivity index (χ1n) is 1.06. The minimum atomic E-state index is 0.667. The fraction of sp³-hybridized carbons (Fsp3) is 0. The molecule has 0 atom stereocenters. The quantitative estimate of drug-likeness (QED) is 0.155. The maximum absolute atomic E-state index is 6.21. The predicted octanol–water partition coefficient (Wildman–Crippen LogP) is -1.36. The van der Waals surface area contributed by atoms with Gasteiger partial charge in [-0.05, 0) is 0 Å². The van der Waals surface area contributed by atoms with Gasteiger partial charge in [-0.15, -0.1) is 0 Å². The summed E-state index contributed by atoms with van der Waals surface area (Å²) in [5.74, 6) is 9.32. The van der Waals surface area contributed by atoms with Crippen molar-refractivity contribution in [1.82, 2.24) is 5.12 Å². The van der Waals surface area contributed by atoms with Gasteiger partial charge in [0.2, 0.25) is 0 Å². The molecule has 0 aliphatic heterocycles. The van der Waals surface area contributed by atoms with Crippen molar-refractivity contribution in [1.29, 1.82) is 5.41 Å². The zero-order valence-electron chi connectivity index (χ0n) is 2.68. The fourth-order valence-corrected chi connectivity index (χ4v) is 0. The van der Waals surface area contributed by atoms with Gasteiger partial charge < -0.3 is 0 Å². The third-order valence-electron chi connectivity index (χ3n) is 0.149. The lowest BCUT2D eigenvalue weighted by molar-refractivity contribution is 0.478. The molecular weight excluding hydrogens is 68.0 g/mol. The summed E-state index contributed by atoms with van der Waals surface area (Å²) in [4.78, 5) is 0. The highest BCUT2D eigenvalue weighted by Gasteiger charge is 1.63. The molecule has 5 N–H and O–H groups in total. The summed E-state index contributed by atoms with van der Waals surface area (Å²) in [7, 11) is 0. The van der Waals surface area contributed by atoms with Gasteiger partial charge in [-0.3, -0.25) is 5.41 Å². The van der Waals surface area contributed by atoms with Gasteiger partial charge in [-0.2, -0.15) is 0 Å². The normalized spacial score (nSPS) is 6.80. The monoisotopic (exact) mass is 74.1 g/mol. The summed E-state index contributed by atoms with van der Waals surface area (Å²) in [5, 5.41) is 6.88. The first kappa shape index (κ1) is 4.39. The first-order valence-corrected chi connectivity index (χ1v) is 1.06. The molecule has 0 radical (unpaired) electrons. The van der Waals surface area contributed by atoms with E-state index in [1.54, 1.807) is 0 Å². The second-order valence-corrected chi connectivity index (χ2v) is 0.576. The second-order valence-electron chi connectivity index (χ2n) is 0.576. The molecule has 4 nitrogen and oxygen atoms in total. The Morgan fingerprint density at radius 2 is 1.80 bits per heavy atom. The van der Waals surface area contributed by atoms with Crippen molar-refractivity contribution in [3.8, 4) is 0 Å². The molecule has 0 spiro atoms. The summed E-state index contributed by atoms with van der Waals surface area (Å²) in [6, 6.07) is 0. The van der Waals surface area contributed by atoms with Crippen molar-refractivity contribution in [2.45, 2.75) is 0 Å². The molecule has 0 aromatic carbocycles. The van der Waals surface area contributed by atoms with Crippen LogP contribution in [0.3, 0.4) is 0 Å². The van der Waals surface area contributed by atoms with Crippen LogP contribution in [0.25, 0.3) is 0 Å². The molecular formula is CH6N4. The van der Waals surface area contributed by atoms with Crippen molar-refractivity contribution in [2.75, 3.05) is 0 Å². The summed E-state index contributed by atoms with van der Waals surface area (Å²) in [6.07, 6.45) is 0.806. The number of hydrazine groups is 2. The van der Waals surface area contributed by atoms with Gasteiger partial charge in [-0.25, -0.2) is 16.8 Å². The van der Waals surface area contributed by atoms with Crippen molar-refractivity contribution in [3.05, 3.63) is 0 Å². The lowest BCUT2D eigenvalue weighted by atomic mass is 11.3. The highest BCUT2D eigenvalue weighted by molar-refractivity contribution is 5.47. The molecule has 5 heavy (non-hydrogen) atoms. The van der Waals surface area contributed by atoms with Gasteiger partial charge in [0.1, 0.15) is 6.34 Å². The number of nitrogens with zero attached hydrogens (tertiary/aromatic N) is 1. The Labute approximate surface area is 29.8 Å². The summed E-state index contributed by atoms with van der Waals surface area (Å²) >= 11 is 0. The molecule has 0 aliphatic carbocycles. The van der Waals surface area contributed by atoms with Crippen LogP contribution in [0.1, 0.15) is 0 Å². The van der Waals surface area contributed by atoms with Gasteiger partial charge in [0.05, 0.1) is 0 Å². The third kappa shape index (κ3) is 3.39. The Hall–Kier alpha value is -0.610. The van der Waals surface area contributed by atoms with Crippen molar-refractivity contribution in [2.24, 2.45) is 11.7 Å². The van der Waals surface area contributed by atoms with E-state index in [1.165, 1.54) is 0 Å². The molecule has 0 fully saturated rings. The van der Waals surface area contributed by atoms with Crippen LogP contribution in [-0.2, 0) is 0 Å². The fourth-order valence-electron chi connectivity index (χ4n) is 0. The van der Waals surface area contributed by atoms with E-state index < -0.39 is 0 Å². The molecule has 0 rings (SSSR count). The van der Waals surface area contributed by atoms with E-state index in [1.807, 2.05) is 0 Å². The van der Waals surface area contributed by atoms with E-state index >= 15 is 0 Å². The van der Waals surface area contributed by atoms with E-state index in [4.69, 9.17) is 5.41 Å². The first-order chi connectivity index (χ1) is 2.27. The maximum Gasteiger partial charge on any atom is 0.113 e. The molecule has 0 aliphatic rings. The molecule has 0 amide bonds. The van der Waals surface area contributed by atoms with Crippen molar-refractivity contribution in [3.63, 3.8) is 0 Å². The van der Waals surface area contributed by atoms with E-state index in [2.05, 4.69) is 11.7 Å². The highest BCUT2D eigenvalue weighted by atomic mass is 15.6. The van der Waals surface area contributed by atoms with E-state index in [-0.39, 0.29) is 0 Å². The number of hydrogen-bond acceptors (Lipinski definition) is 3. The van der Waals surface area contributed by atoms with Crippen LogP contribution in [0.15, 0.2) is 0 Å². The molecule has 0 aromatic heterocycles. The molecule has 0 aromatic rings. The average Bonchev–Trinajstić information content (AvgIpc) is 1.38. The lowest BCUT2D eigenvalue weighted by Gasteiger charge is -1.96. The third-order valence-corrected chi connectivity index (χ3v) is 0.149. The molecule has 4 heteroatoms. The van der Waals surface area contributed by atoms with Gasteiger partial charge in [0.15, 0.2) is 0 Å². The maximum atomic E-state index is 6.21. The number of nitrogens with one attached hydrogen (secondary N) is 1. The van der Waals surface area contributed by atoms with Crippen molar-refractivity contribution < 1.29 is 0 Å². The molecule has 0 unspecified atom stereocenters. The van der Waals surface area contributed by atoms with Crippen LogP contribution < -0.4 is 11.7 Å². The molecule has 0 saturated carbocycles. The van der Waals surface area contributed by atoms with Gasteiger partial charge in [-0.1, -0.05) is 0 Å². The largest absolute Gasteiger partial charge is 0.289 e. The van der Waals surface area contributed by atoms with Gasteiger partial charge >= 0.3 is 0 Å². The Morgan fingerprint density at radius 3 is 1.80 bits per heavy atom. The van der Waals surface area contributed by atoms with Gasteiger partial charge in [0.25, 0.3) is 0 Å². The number of nitrogens with two attached hydrogens (primary N) is 2. The minimum absolute atomic E-state index is 0.667. The predicted molar refractivity (Wildman–Crippen MR) is 19.0 cm³/mol. The van der Waals surface area contributed by atoms with Crippen LogP contribution >= 0.6 is 0 Å². The Morgan fingerprint density at radius 1 is 1.60 bits per heavy atom. The average molecular weight is 74.1 g/mol. The summed E-state index contributed by atoms with van der Waals surface area (Å²) in [5.41, 5.74) is 0. The summed E-state index contributed by atoms with van der Waals surface area (Å²) in [6.45, 7) is 0. The molecule has 0 saturated heterocycles. The topological polar surface area (TPSA) is 79.1 Å². The lowest BCUT2D eigenvalue weighted by Crippen LogP contribution is -2.35. The summed E-state index contributed by atoms with van der Waals surface area (Å²) < 4.78 is 0. The number of hydrogen-bond donors (Lipinski definition) is 3. The van der Waals surface area contributed by atoms with Crippen LogP contribution in [0, 0.1) is 5.41 Å². The highest BCUT2D eigenvalue weighted by Crippen LogP contribution is 1.35. The number of rotatable bonds is 1. The van der Waals surface area contributed by atoms with Crippen LogP contribution in [0.5, 0.6) is 0 Å². The molecule has 0 bridgehead atoms. The Balaban J connectivity index is 2.83. The second kappa shape index (κ2) is 1.68. The Kier molecular flexibility index (Phi) is 1.48. The van der Waals surface area contributed by atoms with Crippen LogP contribution in [-0.4, -0.2) is 11.5 Å². The SMILES string of the molecule is N=CN(N)N. The smallest absolute Gasteiger partial charge is 0.113 e. The van der Waals surface area contributed by atoms with Crippen LogP contribution in [0.4, 0.5) is 0 Å². The standard InChI is InChI=1S/CH6N4/c2-1-5(3)4/h1-2H,3-4H2. The zero-order chi connectivity index (χ0) is 4.28. The van der Waals surface area contributed by atoms with E-state index in [9.17, 15) is 0 Å². The minimum Gasteiger partial charge on any atom is -0.289 e. The van der Waals surface area contributed by atoms with Crippen LogP contribution in [0.2, 0.25) is 0 Å². The molecule has 0 heterocycles. The van der Waals surface area contributed by atoms with E-state index in [0.717, 1.165) is 6.34 Å². The van der Waals surface area contributed by atoms with Crippen molar-refractivity contribution >= 4 is 6.34 Å². The zero-order valence-corrected chi connectivity index (χ0v) is 2.68. The van der Waals surface area contributed by atoms with Gasteiger partial charge in [0, 0.05) is 0 Å². The van der Waals surface area contributed by atoms with E-state index in [0.29, 0.717) is 5.12 Å². The Bertz CT molecular complexity index is 30.6. The molecule has 30 valence electrons.